The van der Waals surface area contributed by atoms with Gasteiger partial charge in [0.25, 0.3) is 0 Å². The molecule has 3 rings (SSSR count). The molecule has 0 saturated carbocycles. The minimum absolute atomic E-state index is 0.0284. The first-order valence-corrected chi connectivity index (χ1v) is 7.74. The number of carbonyl (C=O) groups excluding carboxylic acids is 1. The van der Waals surface area contributed by atoms with Crippen LogP contribution in [0.1, 0.15) is 11.3 Å². The van der Waals surface area contributed by atoms with E-state index in [4.69, 9.17) is 4.74 Å². The fourth-order valence-electron chi connectivity index (χ4n) is 2.79. The lowest BCUT2D eigenvalue weighted by atomic mass is 10.1. The van der Waals surface area contributed by atoms with Gasteiger partial charge in [-0.05, 0) is 30.7 Å². The Morgan fingerprint density at radius 3 is 3.04 bits per heavy atom. The molecule has 1 atom stereocenters. The van der Waals surface area contributed by atoms with Crippen molar-refractivity contribution in [3.05, 3.63) is 53.6 Å². The van der Waals surface area contributed by atoms with Crippen molar-refractivity contribution < 1.29 is 13.9 Å². The van der Waals surface area contributed by atoms with Crippen molar-refractivity contribution in [1.82, 2.24) is 14.7 Å². The smallest absolute Gasteiger partial charge is 0.244 e. The lowest BCUT2D eigenvalue weighted by Gasteiger charge is -2.33. The van der Waals surface area contributed by atoms with Crippen LogP contribution in [0.5, 0.6) is 0 Å². The van der Waals surface area contributed by atoms with Gasteiger partial charge in [0, 0.05) is 25.7 Å². The summed E-state index contributed by atoms with van der Waals surface area (Å²) in [6.45, 7) is 3.74. The largest absolute Gasteiger partial charge is 0.374 e. The second-order valence-electron chi connectivity index (χ2n) is 5.82. The summed E-state index contributed by atoms with van der Waals surface area (Å²) in [5, 5.41) is 4.24. The maximum atomic E-state index is 13.3. The molecule has 1 aromatic carbocycles. The molecule has 1 amide bonds. The molecule has 1 saturated heterocycles. The molecule has 1 fully saturated rings. The Morgan fingerprint density at radius 1 is 1.43 bits per heavy atom. The van der Waals surface area contributed by atoms with E-state index in [-0.39, 0.29) is 24.4 Å². The Morgan fingerprint density at radius 2 is 2.30 bits per heavy atom. The first kappa shape index (κ1) is 15.7. The molecule has 1 aromatic heterocycles. The maximum absolute atomic E-state index is 13.3. The van der Waals surface area contributed by atoms with E-state index in [1.54, 1.807) is 21.8 Å². The molecule has 1 aliphatic rings. The van der Waals surface area contributed by atoms with Crippen LogP contribution < -0.4 is 0 Å². The SMILES string of the molecule is Cc1ccn(CC(=O)N2CCO[C@H](Cc3cccc(F)c3)C2)n1. The normalized spacial score (nSPS) is 18.2. The van der Waals surface area contributed by atoms with Crippen LogP contribution in [0, 0.1) is 12.7 Å². The maximum Gasteiger partial charge on any atom is 0.244 e. The Balaban J connectivity index is 1.58. The molecule has 2 heterocycles. The number of morpholine rings is 1. The number of halogens is 1. The number of rotatable bonds is 4. The van der Waals surface area contributed by atoms with Crippen LogP contribution in [0.15, 0.2) is 36.5 Å². The van der Waals surface area contributed by atoms with Crippen LogP contribution in [0.4, 0.5) is 4.39 Å². The summed E-state index contributed by atoms with van der Waals surface area (Å²) in [5.41, 5.74) is 1.77. The third-order valence-electron chi connectivity index (χ3n) is 3.92. The molecule has 0 spiro atoms. The van der Waals surface area contributed by atoms with Crippen molar-refractivity contribution in [2.45, 2.75) is 26.0 Å². The number of nitrogens with zero attached hydrogens (tertiary/aromatic N) is 3. The average molecular weight is 317 g/mol. The lowest BCUT2D eigenvalue weighted by Crippen LogP contribution is -2.47. The summed E-state index contributed by atoms with van der Waals surface area (Å²) in [4.78, 5) is 14.2. The number of benzene rings is 1. The Bertz CT molecular complexity index is 686. The van der Waals surface area contributed by atoms with Gasteiger partial charge in [0.15, 0.2) is 0 Å². The molecule has 0 radical (unpaired) electrons. The minimum atomic E-state index is -0.250. The van der Waals surface area contributed by atoms with Crippen molar-refractivity contribution in [2.75, 3.05) is 19.7 Å². The van der Waals surface area contributed by atoms with Crippen LogP contribution in [0.2, 0.25) is 0 Å². The summed E-state index contributed by atoms with van der Waals surface area (Å²) >= 11 is 0. The molecule has 2 aromatic rings. The number of hydrogen-bond donors (Lipinski definition) is 0. The molecule has 23 heavy (non-hydrogen) atoms. The molecule has 1 aliphatic heterocycles. The predicted octanol–water partition coefficient (Wildman–Crippen LogP) is 1.80. The zero-order valence-electron chi connectivity index (χ0n) is 13.1. The third kappa shape index (κ3) is 4.16. The number of aryl methyl sites for hydroxylation is 1. The Kier molecular flexibility index (Phi) is 4.71. The van der Waals surface area contributed by atoms with E-state index in [0.29, 0.717) is 26.1 Å². The van der Waals surface area contributed by atoms with Crippen LogP contribution in [-0.4, -0.2) is 46.4 Å². The van der Waals surface area contributed by atoms with Crippen LogP contribution in [-0.2, 0) is 22.5 Å². The highest BCUT2D eigenvalue weighted by atomic mass is 19.1. The van der Waals surface area contributed by atoms with E-state index in [1.807, 2.05) is 19.1 Å². The highest BCUT2D eigenvalue weighted by molar-refractivity contribution is 5.76. The molecule has 6 heteroatoms. The van der Waals surface area contributed by atoms with E-state index in [1.165, 1.54) is 12.1 Å². The predicted molar refractivity (Wildman–Crippen MR) is 83.4 cm³/mol. The first-order valence-electron chi connectivity index (χ1n) is 7.74. The second-order valence-corrected chi connectivity index (χ2v) is 5.82. The molecule has 0 N–H and O–H groups in total. The van der Waals surface area contributed by atoms with Crippen LogP contribution >= 0.6 is 0 Å². The van der Waals surface area contributed by atoms with E-state index in [0.717, 1.165) is 11.3 Å². The Hall–Kier alpha value is -2.21. The van der Waals surface area contributed by atoms with Crippen molar-refractivity contribution in [3.63, 3.8) is 0 Å². The number of amides is 1. The van der Waals surface area contributed by atoms with E-state index in [2.05, 4.69) is 5.10 Å². The van der Waals surface area contributed by atoms with Crippen molar-refractivity contribution in [1.29, 1.82) is 0 Å². The standard InChI is InChI=1S/C17H20FN3O2/c1-13-5-6-21(19-13)12-17(22)20-7-8-23-16(11-20)10-14-3-2-4-15(18)9-14/h2-6,9,16H,7-8,10-12H2,1H3/t16-/m1/s1. The highest BCUT2D eigenvalue weighted by Gasteiger charge is 2.24. The molecular weight excluding hydrogens is 297 g/mol. The minimum Gasteiger partial charge on any atom is -0.374 e. The third-order valence-corrected chi connectivity index (χ3v) is 3.92. The molecular formula is C17H20FN3O2. The second kappa shape index (κ2) is 6.91. The monoisotopic (exact) mass is 317 g/mol. The van der Waals surface area contributed by atoms with E-state index in [9.17, 15) is 9.18 Å². The highest BCUT2D eigenvalue weighted by Crippen LogP contribution is 2.13. The van der Waals surface area contributed by atoms with E-state index >= 15 is 0 Å². The van der Waals surface area contributed by atoms with Gasteiger partial charge in [-0.25, -0.2) is 4.39 Å². The van der Waals surface area contributed by atoms with Gasteiger partial charge in [-0.1, -0.05) is 12.1 Å². The number of carbonyl (C=O) groups is 1. The molecule has 0 aliphatic carbocycles. The van der Waals surface area contributed by atoms with E-state index < -0.39 is 0 Å². The number of hydrogen-bond acceptors (Lipinski definition) is 3. The van der Waals surface area contributed by atoms with Crippen molar-refractivity contribution in [2.24, 2.45) is 0 Å². The molecule has 5 nitrogen and oxygen atoms in total. The van der Waals surface area contributed by atoms with Crippen LogP contribution in [0.25, 0.3) is 0 Å². The molecule has 0 bridgehead atoms. The molecule has 122 valence electrons. The zero-order chi connectivity index (χ0) is 16.2. The fourth-order valence-corrected chi connectivity index (χ4v) is 2.79. The van der Waals surface area contributed by atoms with Crippen molar-refractivity contribution >= 4 is 5.91 Å². The summed E-state index contributed by atoms with van der Waals surface area (Å²) < 4.78 is 20.6. The lowest BCUT2D eigenvalue weighted by molar-refractivity contribution is -0.139. The quantitative estimate of drug-likeness (QED) is 0.864. The first-order chi connectivity index (χ1) is 11.1. The van der Waals surface area contributed by atoms with Gasteiger partial charge in [-0.2, -0.15) is 5.10 Å². The summed E-state index contributed by atoms with van der Waals surface area (Å²) in [5.74, 6) is -0.221. The van der Waals surface area contributed by atoms with Gasteiger partial charge >= 0.3 is 0 Å². The summed E-state index contributed by atoms with van der Waals surface area (Å²) in [6, 6.07) is 8.37. The van der Waals surface area contributed by atoms with Gasteiger partial charge < -0.3 is 9.64 Å². The van der Waals surface area contributed by atoms with Crippen molar-refractivity contribution in [3.8, 4) is 0 Å². The number of aromatic nitrogens is 2. The number of ether oxygens (including phenoxy) is 1. The average Bonchev–Trinajstić information content (AvgIpc) is 2.92. The van der Waals surface area contributed by atoms with Gasteiger partial charge in [0.05, 0.1) is 18.4 Å². The zero-order valence-corrected chi connectivity index (χ0v) is 13.1. The van der Waals surface area contributed by atoms with Gasteiger partial charge in [0.2, 0.25) is 5.91 Å². The van der Waals surface area contributed by atoms with Gasteiger partial charge in [0.1, 0.15) is 12.4 Å². The van der Waals surface area contributed by atoms with Gasteiger partial charge in [-0.3, -0.25) is 9.48 Å². The fraction of sp³-hybridized carbons (Fsp3) is 0.412. The Labute approximate surface area is 134 Å². The summed E-state index contributed by atoms with van der Waals surface area (Å²) in [6.07, 6.45) is 2.30. The molecule has 0 unspecified atom stereocenters. The summed E-state index contributed by atoms with van der Waals surface area (Å²) in [7, 11) is 0. The van der Waals surface area contributed by atoms with Gasteiger partial charge in [-0.15, -0.1) is 0 Å². The topological polar surface area (TPSA) is 47.4 Å². The van der Waals surface area contributed by atoms with Crippen LogP contribution in [0.3, 0.4) is 0 Å².